The molecule has 2 amide bonds. The maximum absolute atomic E-state index is 14.1. The zero-order valence-corrected chi connectivity index (χ0v) is 38.7. The summed E-state index contributed by atoms with van der Waals surface area (Å²) in [5.41, 5.74) is 7.89. The minimum absolute atomic E-state index is 0.221. The molecule has 0 bridgehead atoms. The predicted octanol–water partition coefficient (Wildman–Crippen LogP) is 8.20. The Morgan fingerprint density at radius 3 is 2.29 bits per heavy atom. The number of hydrogen-bond acceptors (Lipinski definition) is 12. The first kappa shape index (κ1) is 47.3. The second-order valence-electron chi connectivity index (χ2n) is 17.5. The number of aryl methyl sites for hydroxylation is 1. The fourth-order valence-electron chi connectivity index (χ4n) is 9.14. The van der Waals surface area contributed by atoms with E-state index >= 15 is 0 Å². The highest BCUT2D eigenvalue weighted by atomic mass is 35.5. The number of rotatable bonds is 22. The molecule has 3 aliphatic rings. The lowest BCUT2D eigenvalue weighted by Gasteiger charge is -2.34. The van der Waals surface area contributed by atoms with Crippen LogP contribution in [0.25, 0.3) is 22.2 Å². The summed E-state index contributed by atoms with van der Waals surface area (Å²) in [4.78, 5) is 38.2. The van der Waals surface area contributed by atoms with Gasteiger partial charge in [-0.1, -0.05) is 61.2 Å². The smallest absolute Gasteiger partial charge is 0.249 e. The summed E-state index contributed by atoms with van der Waals surface area (Å²) in [7, 11) is 1.86. The second-order valence-corrected chi connectivity index (χ2v) is 17.9. The molecular formula is C50H63ClFN9O5. The first-order chi connectivity index (χ1) is 32.3. The molecule has 16 heteroatoms. The SMILES string of the molecule is CNc1cc(CCCOCCOCCOCCN2CCN(Cc3ccc(-c4cn(C5CCCCC5)c5nc(Nc6cc(F)cc(Cl)c6)ncc45)cc3)CC2)ccc1NC1CCC(=O)NC1=O. The second kappa shape index (κ2) is 23.5. The number of imide groups is 1. The van der Waals surface area contributed by atoms with Crippen molar-refractivity contribution in [1.29, 1.82) is 0 Å². The number of piperidine rings is 1. The number of carbonyl (C=O) groups excluding carboxylic acids is 2. The van der Waals surface area contributed by atoms with Gasteiger partial charge in [-0.2, -0.15) is 4.98 Å². The summed E-state index contributed by atoms with van der Waals surface area (Å²) in [6.45, 7) is 9.42. The van der Waals surface area contributed by atoms with Crippen molar-refractivity contribution in [2.45, 2.75) is 76.4 Å². The Balaban J connectivity index is 0.695. The summed E-state index contributed by atoms with van der Waals surface area (Å²) < 4.78 is 33.8. The lowest BCUT2D eigenvalue weighted by Crippen LogP contribution is -2.47. The van der Waals surface area contributed by atoms with E-state index in [1.807, 2.05) is 19.3 Å². The van der Waals surface area contributed by atoms with Gasteiger partial charge in [0.15, 0.2) is 0 Å². The highest BCUT2D eigenvalue weighted by Gasteiger charge is 2.27. The van der Waals surface area contributed by atoms with Crippen LogP contribution in [0.4, 0.5) is 27.4 Å². The van der Waals surface area contributed by atoms with Crippen LogP contribution in [0.5, 0.6) is 0 Å². The highest BCUT2D eigenvalue weighted by molar-refractivity contribution is 6.30. The molecular weight excluding hydrogens is 861 g/mol. The molecule has 0 spiro atoms. The molecule has 1 saturated carbocycles. The summed E-state index contributed by atoms with van der Waals surface area (Å²) in [5, 5.41) is 13.3. The third-order valence-electron chi connectivity index (χ3n) is 12.8. The number of nitrogens with one attached hydrogen (secondary N) is 4. The van der Waals surface area contributed by atoms with E-state index in [2.05, 4.69) is 83.2 Å². The van der Waals surface area contributed by atoms with Gasteiger partial charge in [-0.05, 0) is 79.1 Å². The number of halogens is 2. The van der Waals surface area contributed by atoms with E-state index in [9.17, 15) is 14.0 Å². The van der Waals surface area contributed by atoms with Crippen molar-refractivity contribution in [1.82, 2.24) is 29.7 Å². The van der Waals surface area contributed by atoms with Gasteiger partial charge in [-0.3, -0.25) is 24.7 Å². The number of carbonyl (C=O) groups is 2. The van der Waals surface area contributed by atoms with Gasteiger partial charge < -0.3 is 34.7 Å². The Morgan fingerprint density at radius 2 is 1.55 bits per heavy atom. The number of anilines is 4. The summed E-state index contributed by atoms with van der Waals surface area (Å²) in [6.07, 6.45) is 12.6. The molecule has 1 aliphatic carbocycles. The molecule has 2 aromatic heterocycles. The molecule has 66 heavy (non-hydrogen) atoms. The van der Waals surface area contributed by atoms with Crippen LogP contribution in [-0.2, 0) is 36.8 Å². The minimum atomic E-state index is -0.421. The zero-order valence-electron chi connectivity index (χ0n) is 38.0. The molecule has 4 N–H and O–H groups in total. The van der Waals surface area contributed by atoms with Crippen molar-refractivity contribution in [3.05, 3.63) is 95.0 Å². The van der Waals surface area contributed by atoms with E-state index in [0.29, 0.717) is 75.2 Å². The number of nitrogens with zero attached hydrogens (tertiary/aromatic N) is 5. The molecule has 2 aliphatic heterocycles. The molecule has 0 radical (unpaired) electrons. The van der Waals surface area contributed by atoms with Crippen molar-refractivity contribution < 1.29 is 28.2 Å². The van der Waals surface area contributed by atoms with E-state index in [-0.39, 0.29) is 11.8 Å². The lowest BCUT2D eigenvalue weighted by atomic mass is 9.95. The van der Waals surface area contributed by atoms with Crippen molar-refractivity contribution in [3.63, 3.8) is 0 Å². The maximum Gasteiger partial charge on any atom is 0.249 e. The van der Waals surface area contributed by atoms with Gasteiger partial charge in [-0.25, -0.2) is 9.37 Å². The number of piperazine rings is 1. The quantitative estimate of drug-likeness (QED) is 0.0392. The lowest BCUT2D eigenvalue weighted by molar-refractivity contribution is -0.133. The van der Waals surface area contributed by atoms with E-state index in [1.165, 1.54) is 42.5 Å². The monoisotopic (exact) mass is 923 g/mol. The first-order valence-corrected chi connectivity index (χ1v) is 23.9. The summed E-state index contributed by atoms with van der Waals surface area (Å²) in [5.74, 6) is -0.505. The van der Waals surface area contributed by atoms with Crippen LogP contribution in [-0.4, -0.2) is 122 Å². The number of fused-ring (bicyclic) bond motifs is 1. The van der Waals surface area contributed by atoms with Crippen LogP contribution in [0.2, 0.25) is 5.02 Å². The maximum atomic E-state index is 14.1. The average molecular weight is 925 g/mol. The van der Waals surface area contributed by atoms with Crippen molar-refractivity contribution in [3.8, 4) is 11.1 Å². The molecule has 3 aromatic carbocycles. The van der Waals surface area contributed by atoms with Gasteiger partial charge in [0.05, 0.1) is 44.4 Å². The van der Waals surface area contributed by atoms with Gasteiger partial charge >= 0.3 is 0 Å². The Labute approximate surface area is 391 Å². The van der Waals surface area contributed by atoms with Gasteiger partial charge in [0.1, 0.15) is 17.5 Å². The average Bonchev–Trinajstić information content (AvgIpc) is 3.70. The number of hydrogen-bond donors (Lipinski definition) is 4. The van der Waals surface area contributed by atoms with Gasteiger partial charge in [0.2, 0.25) is 17.8 Å². The van der Waals surface area contributed by atoms with Crippen molar-refractivity contribution in [2.24, 2.45) is 0 Å². The number of ether oxygens (including phenoxy) is 3. The van der Waals surface area contributed by atoms with Crippen LogP contribution in [0, 0.1) is 5.82 Å². The molecule has 1 atom stereocenters. The normalized spacial score (nSPS) is 17.6. The third-order valence-corrected chi connectivity index (χ3v) is 13.0. The Hall–Kier alpha value is -5.16. The molecule has 5 aromatic rings. The fraction of sp³-hybridized carbons (Fsp3) is 0.480. The van der Waals surface area contributed by atoms with E-state index in [1.54, 1.807) is 6.07 Å². The van der Waals surface area contributed by atoms with Crippen molar-refractivity contribution >= 4 is 57.5 Å². The molecule has 3 fully saturated rings. The van der Waals surface area contributed by atoms with Gasteiger partial charge in [-0.15, -0.1) is 0 Å². The summed E-state index contributed by atoms with van der Waals surface area (Å²) >= 11 is 6.11. The number of amides is 2. The van der Waals surface area contributed by atoms with Crippen molar-refractivity contribution in [2.75, 3.05) is 95.4 Å². The largest absolute Gasteiger partial charge is 0.386 e. The highest BCUT2D eigenvalue weighted by Crippen LogP contribution is 2.37. The van der Waals surface area contributed by atoms with E-state index < -0.39 is 11.9 Å². The third kappa shape index (κ3) is 13.0. The molecule has 1 unspecified atom stereocenters. The Morgan fingerprint density at radius 1 is 0.818 bits per heavy atom. The first-order valence-electron chi connectivity index (χ1n) is 23.6. The molecule has 352 valence electrons. The minimum Gasteiger partial charge on any atom is -0.386 e. The number of benzene rings is 3. The zero-order chi connectivity index (χ0) is 45.7. The van der Waals surface area contributed by atoms with Crippen LogP contribution in [0.1, 0.15) is 68.5 Å². The van der Waals surface area contributed by atoms with Crippen LogP contribution < -0.4 is 21.3 Å². The van der Waals surface area contributed by atoms with Crippen LogP contribution in [0.15, 0.2) is 73.1 Å². The molecule has 2 saturated heterocycles. The number of aromatic nitrogens is 3. The molecule has 8 rings (SSSR count). The summed E-state index contributed by atoms with van der Waals surface area (Å²) in [6, 6.07) is 19.3. The van der Waals surface area contributed by atoms with E-state index in [4.69, 9.17) is 30.8 Å². The van der Waals surface area contributed by atoms with Gasteiger partial charge in [0, 0.05) is 99.4 Å². The Kier molecular flexibility index (Phi) is 16.9. The predicted molar refractivity (Wildman–Crippen MR) is 258 cm³/mol. The van der Waals surface area contributed by atoms with Gasteiger partial charge in [0.25, 0.3) is 0 Å². The molecule has 14 nitrogen and oxygen atoms in total. The Bertz CT molecular complexity index is 2370. The van der Waals surface area contributed by atoms with Crippen LogP contribution in [0.3, 0.4) is 0 Å². The van der Waals surface area contributed by atoms with Crippen LogP contribution >= 0.6 is 11.6 Å². The topological polar surface area (TPSA) is 147 Å². The fourth-order valence-corrected chi connectivity index (χ4v) is 9.37. The standard InChI is InChI=1S/C50H63ClFN9O5/c1-53-46-28-35(11-14-44(46)56-45-15-16-47(62)57-49(45)63)6-5-22-64-24-26-66-27-25-65-23-21-59-17-19-60(20-18-59)33-36-9-12-37(13-10-36)43-34-61(41-7-3-2-4-8-41)48-42(43)32-54-50(58-48)55-40-30-38(51)29-39(52)31-40/h9-14,28-32,34,41,45,53,56H,2-8,15-27,33H2,1H3,(H,54,55,58)(H,57,62,63). The van der Waals surface area contributed by atoms with E-state index in [0.717, 1.165) is 98.5 Å². The molecule has 4 heterocycles.